The Hall–Kier alpha value is -0.320. The Morgan fingerprint density at radius 1 is 1.37 bits per heavy atom. The van der Waals surface area contributed by atoms with Gasteiger partial charge in [0.1, 0.15) is 0 Å². The van der Waals surface area contributed by atoms with Gasteiger partial charge in [-0.3, -0.25) is 4.90 Å². The number of ether oxygens (including phenoxy) is 1. The highest BCUT2D eigenvalue weighted by atomic mass is 35.5. The van der Waals surface area contributed by atoms with Gasteiger partial charge in [0.05, 0.1) is 12.7 Å². The Kier molecular flexibility index (Phi) is 5.09. The maximum absolute atomic E-state index is 6.27. The van der Waals surface area contributed by atoms with Gasteiger partial charge in [-0.15, -0.1) is 0 Å². The number of nitrogens with two attached hydrogens (primary N) is 1. The van der Waals surface area contributed by atoms with Crippen LogP contribution in [-0.2, 0) is 4.74 Å². The second kappa shape index (κ2) is 6.42. The summed E-state index contributed by atoms with van der Waals surface area (Å²) in [5.74, 6) is 0. The standard InChI is InChI=1S/C14H20Cl2N2O/c1-9(17)14-8-18(5-6-19-14)10(2)12-7-11(15)3-4-13(12)16/h3-4,7,9-10,14H,5-6,8,17H2,1-2H3. The molecule has 0 bridgehead atoms. The molecule has 1 aromatic carbocycles. The van der Waals surface area contributed by atoms with E-state index in [2.05, 4.69) is 11.8 Å². The molecule has 2 rings (SSSR count). The second-order valence-corrected chi connectivity index (χ2v) is 5.95. The highest BCUT2D eigenvalue weighted by Crippen LogP contribution is 2.31. The average Bonchev–Trinajstić information content (AvgIpc) is 2.41. The monoisotopic (exact) mass is 302 g/mol. The molecule has 0 saturated carbocycles. The van der Waals surface area contributed by atoms with Gasteiger partial charge < -0.3 is 10.5 Å². The van der Waals surface area contributed by atoms with Crippen LogP contribution in [0.1, 0.15) is 25.5 Å². The van der Waals surface area contributed by atoms with Crippen LogP contribution in [0.4, 0.5) is 0 Å². The smallest absolute Gasteiger partial charge is 0.0850 e. The molecule has 0 aliphatic carbocycles. The largest absolute Gasteiger partial charge is 0.374 e. The van der Waals surface area contributed by atoms with Gasteiger partial charge >= 0.3 is 0 Å². The van der Waals surface area contributed by atoms with Gasteiger partial charge in [0.15, 0.2) is 0 Å². The second-order valence-electron chi connectivity index (χ2n) is 5.11. The Morgan fingerprint density at radius 2 is 2.11 bits per heavy atom. The summed E-state index contributed by atoms with van der Waals surface area (Å²) in [7, 11) is 0. The van der Waals surface area contributed by atoms with Crippen LogP contribution in [-0.4, -0.2) is 36.7 Å². The molecule has 1 fully saturated rings. The molecule has 0 amide bonds. The predicted molar refractivity (Wildman–Crippen MR) is 79.8 cm³/mol. The van der Waals surface area contributed by atoms with Crippen LogP contribution >= 0.6 is 23.2 Å². The number of rotatable bonds is 3. The number of morpholine rings is 1. The van der Waals surface area contributed by atoms with Crippen molar-refractivity contribution in [3.05, 3.63) is 33.8 Å². The van der Waals surface area contributed by atoms with Crippen molar-refractivity contribution >= 4 is 23.2 Å². The van der Waals surface area contributed by atoms with Crippen molar-refractivity contribution < 1.29 is 4.74 Å². The minimum atomic E-state index is 0.0323. The molecule has 106 valence electrons. The van der Waals surface area contributed by atoms with Crippen molar-refractivity contribution in [2.45, 2.75) is 32.0 Å². The summed E-state index contributed by atoms with van der Waals surface area (Å²) in [6, 6.07) is 5.83. The van der Waals surface area contributed by atoms with Crippen LogP contribution < -0.4 is 5.73 Å². The molecule has 3 unspecified atom stereocenters. The van der Waals surface area contributed by atoms with Gasteiger partial charge in [0.2, 0.25) is 0 Å². The van der Waals surface area contributed by atoms with Gasteiger partial charge in [-0.05, 0) is 37.6 Å². The summed E-state index contributed by atoms with van der Waals surface area (Å²) >= 11 is 12.3. The molecule has 2 N–H and O–H groups in total. The first-order valence-electron chi connectivity index (χ1n) is 6.55. The number of benzene rings is 1. The lowest BCUT2D eigenvalue weighted by atomic mass is 10.0. The maximum Gasteiger partial charge on any atom is 0.0850 e. The van der Waals surface area contributed by atoms with Crippen LogP contribution in [0.15, 0.2) is 18.2 Å². The third kappa shape index (κ3) is 3.61. The van der Waals surface area contributed by atoms with E-state index in [1.54, 1.807) is 0 Å². The number of hydrogen-bond donors (Lipinski definition) is 1. The average molecular weight is 303 g/mol. The molecular formula is C14H20Cl2N2O. The van der Waals surface area contributed by atoms with E-state index >= 15 is 0 Å². The van der Waals surface area contributed by atoms with E-state index in [9.17, 15) is 0 Å². The van der Waals surface area contributed by atoms with E-state index < -0.39 is 0 Å². The highest BCUT2D eigenvalue weighted by Gasteiger charge is 2.27. The molecule has 0 spiro atoms. The van der Waals surface area contributed by atoms with E-state index in [0.29, 0.717) is 11.6 Å². The molecule has 1 saturated heterocycles. The molecule has 3 atom stereocenters. The topological polar surface area (TPSA) is 38.5 Å². The van der Waals surface area contributed by atoms with Gasteiger partial charge in [0.25, 0.3) is 0 Å². The first-order chi connectivity index (χ1) is 8.99. The van der Waals surface area contributed by atoms with Crippen LogP contribution in [0.2, 0.25) is 10.0 Å². The van der Waals surface area contributed by atoms with E-state index in [1.807, 2.05) is 25.1 Å². The fourth-order valence-electron chi connectivity index (χ4n) is 2.40. The van der Waals surface area contributed by atoms with Crippen molar-refractivity contribution in [1.29, 1.82) is 0 Å². The quantitative estimate of drug-likeness (QED) is 0.932. The van der Waals surface area contributed by atoms with Crippen LogP contribution in [0.3, 0.4) is 0 Å². The van der Waals surface area contributed by atoms with Crippen molar-refractivity contribution in [1.82, 2.24) is 4.90 Å². The van der Waals surface area contributed by atoms with Crippen LogP contribution in [0.5, 0.6) is 0 Å². The van der Waals surface area contributed by atoms with E-state index in [0.717, 1.165) is 23.7 Å². The normalized spacial score (nSPS) is 24.2. The molecule has 1 aromatic rings. The molecule has 1 heterocycles. The van der Waals surface area contributed by atoms with Crippen molar-refractivity contribution in [2.24, 2.45) is 5.73 Å². The predicted octanol–water partition coefficient (Wildman–Crippen LogP) is 3.10. The first kappa shape index (κ1) is 15.1. The van der Waals surface area contributed by atoms with Gasteiger partial charge in [-0.2, -0.15) is 0 Å². The molecular weight excluding hydrogens is 283 g/mol. The molecule has 19 heavy (non-hydrogen) atoms. The molecule has 5 heteroatoms. The minimum Gasteiger partial charge on any atom is -0.374 e. The zero-order valence-corrected chi connectivity index (χ0v) is 12.8. The lowest BCUT2D eigenvalue weighted by Crippen LogP contribution is -2.50. The Labute approximate surface area is 124 Å². The van der Waals surface area contributed by atoms with E-state index in [4.69, 9.17) is 33.7 Å². The van der Waals surface area contributed by atoms with Crippen LogP contribution in [0.25, 0.3) is 0 Å². The fourth-order valence-corrected chi connectivity index (χ4v) is 2.85. The van der Waals surface area contributed by atoms with Crippen LogP contribution in [0, 0.1) is 0 Å². The van der Waals surface area contributed by atoms with E-state index in [-0.39, 0.29) is 18.2 Å². The summed E-state index contributed by atoms with van der Waals surface area (Å²) < 4.78 is 5.68. The molecule has 3 nitrogen and oxygen atoms in total. The minimum absolute atomic E-state index is 0.0323. The summed E-state index contributed by atoms with van der Waals surface area (Å²) in [6.07, 6.45) is 0.0779. The fraction of sp³-hybridized carbons (Fsp3) is 0.571. The molecule has 0 aromatic heterocycles. The van der Waals surface area contributed by atoms with Gasteiger partial charge in [-0.25, -0.2) is 0 Å². The molecule has 1 aliphatic rings. The zero-order valence-electron chi connectivity index (χ0n) is 11.3. The summed E-state index contributed by atoms with van der Waals surface area (Å²) in [5.41, 5.74) is 6.98. The Morgan fingerprint density at radius 3 is 2.79 bits per heavy atom. The maximum atomic E-state index is 6.27. The first-order valence-corrected chi connectivity index (χ1v) is 7.31. The Bertz CT molecular complexity index is 439. The number of hydrogen-bond acceptors (Lipinski definition) is 3. The highest BCUT2D eigenvalue weighted by molar-refractivity contribution is 6.33. The van der Waals surface area contributed by atoms with Gasteiger partial charge in [0, 0.05) is 35.2 Å². The number of halogens is 2. The lowest BCUT2D eigenvalue weighted by Gasteiger charge is -2.38. The van der Waals surface area contributed by atoms with Crippen molar-refractivity contribution in [3.63, 3.8) is 0 Å². The third-order valence-corrected chi connectivity index (χ3v) is 4.25. The molecule has 0 radical (unpaired) electrons. The van der Waals surface area contributed by atoms with Crippen molar-refractivity contribution in [3.8, 4) is 0 Å². The zero-order chi connectivity index (χ0) is 14.0. The number of nitrogens with zero attached hydrogens (tertiary/aromatic N) is 1. The SMILES string of the molecule is CC(N)C1CN(C(C)c2cc(Cl)ccc2Cl)CCO1. The summed E-state index contributed by atoms with van der Waals surface area (Å²) in [4.78, 5) is 2.34. The molecule has 1 aliphatic heterocycles. The summed E-state index contributed by atoms with van der Waals surface area (Å²) in [6.45, 7) is 6.52. The third-order valence-electron chi connectivity index (χ3n) is 3.67. The Balaban J connectivity index is 2.14. The summed E-state index contributed by atoms with van der Waals surface area (Å²) in [5, 5.41) is 1.46. The van der Waals surface area contributed by atoms with Crippen molar-refractivity contribution in [2.75, 3.05) is 19.7 Å². The lowest BCUT2D eigenvalue weighted by molar-refractivity contribution is -0.0498. The van der Waals surface area contributed by atoms with Gasteiger partial charge in [-0.1, -0.05) is 23.2 Å². The van der Waals surface area contributed by atoms with E-state index in [1.165, 1.54) is 0 Å².